The third-order valence-electron chi connectivity index (χ3n) is 3.74. The quantitative estimate of drug-likeness (QED) is 0.439. The molecule has 0 fully saturated rings. The van der Waals surface area contributed by atoms with Crippen molar-refractivity contribution in [2.24, 2.45) is 0 Å². The Labute approximate surface area is 149 Å². The van der Waals surface area contributed by atoms with E-state index in [4.69, 9.17) is 4.74 Å². The summed E-state index contributed by atoms with van der Waals surface area (Å²) in [5, 5.41) is 3.87. The van der Waals surface area contributed by atoms with Gasteiger partial charge in [0.15, 0.2) is 5.16 Å². The SMILES string of the molecule is CCOCCCn1c(SCC(=O)NC)nc2sc(C)c(C)c2c1=O. The zero-order chi connectivity index (χ0) is 17.7. The van der Waals surface area contributed by atoms with Crippen LogP contribution in [-0.4, -0.2) is 41.5 Å². The molecule has 2 aromatic heterocycles. The molecule has 0 aliphatic rings. The van der Waals surface area contributed by atoms with E-state index in [2.05, 4.69) is 10.3 Å². The van der Waals surface area contributed by atoms with Gasteiger partial charge < -0.3 is 10.1 Å². The Morgan fingerprint density at radius 3 is 2.83 bits per heavy atom. The maximum absolute atomic E-state index is 12.9. The van der Waals surface area contributed by atoms with Crippen molar-refractivity contribution in [3.05, 3.63) is 20.8 Å². The molecule has 0 bridgehead atoms. The minimum atomic E-state index is -0.0891. The van der Waals surface area contributed by atoms with Gasteiger partial charge in [-0.1, -0.05) is 11.8 Å². The Balaban J connectivity index is 2.39. The molecule has 8 heteroatoms. The first-order valence-electron chi connectivity index (χ1n) is 7.91. The summed E-state index contributed by atoms with van der Waals surface area (Å²) in [6.07, 6.45) is 0.733. The van der Waals surface area contributed by atoms with E-state index in [1.54, 1.807) is 11.6 Å². The van der Waals surface area contributed by atoms with Crippen LogP contribution in [0.25, 0.3) is 10.2 Å². The molecule has 0 atom stereocenters. The predicted octanol–water partition coefficient (Wildman–Crippen LogP) is 2.34. The molecule has 0 spiro atoms. The highest BCUT2D eigenvalue weighted by Gasteiger charge is 2.17. The van der Waals surface area contributed by atoms with E-state index in [-0.39, 0.29) is 17.2 Å². The van der Waals surface area contributed by atoms with E-state index in [1.807, 2.05) is 20.8 Å². The molecule has 132 valence electrons. The van der Waals surface area contributed by atoms with Crippen molar-refractivity contribution in [2.45, 2.75) is 38.9 Å². The Morgan fingerprint density at radius 1 is 1.42 bits per heavy atom. The molecular formula is C16H23N3O3S2. The van der Waals surface area contributed by atoms with Gasteiger partial charge in [0.2, 0.25) is 5.91 Å². The normalized spacial score (nSPS) is 11.2. The van der Waals surface area contributed by atoms with Gasteiger partial charge in [0.25, 0.3) is 5.56 Å². The lowest BCUT2D eigenvalue weighted by molar-refractivity contribution is -0.118. The van der Waals surface area contributed by atoms with Crippen molar-refractivity contribution in [3.8, 4) is 0 Å². The number of nitrogens with one attached hydrogen (secondary N) is 1. The maximum atomic E-state index is 12.9. The van der Waals surface area contributed by atoms with Gasteiger partial charge in [-0.15, -0.1) is 11.3 Å². The third kappa shape index (κ3) is 4.17. The summed E-state index contributed by atoms with van der Waals surface area (Å²) in [6.45, 7) is 7.70. The highest BCUT2D eigenvalue weighted by Crippen LogP contribution is 2.28. The fourth-order valence-electron chi connectivity index (χ4n) is 2.29. The number of ether oxygens (including phenoxy) is 1. The first kappa shape index (κ1) is 19.0. The van der Waals surface area contributed by atoms with Crippen molar-refractivity contribution < 1.29 is 9.53 Å². The van der Waals surface area contributed by atoms with E-state index in [1.165, 1.54) is 23.1 Å². The van der Waals surface area contributed by atoms with Crippen LogP contribution in [0.4, 0.5) is 0 Å². The van der Waals surface area contributed by atoms with Gasteiger partial charge in [-0.25, -0.2) is 4.98 Å². The molecule has 1 amide bonds. The van der Waals surface area contributed by atoms with Gasteiger partial charge >= 0.3 is 0 Å². The van der Waals surface area contributed by atoms with Crippen LogP contribution in [0.1, 0.15) is 23.8 Å². The van der Waals surface area contributed by atoms with Crippen LogP contribution < -0.4 is 10.9 Å². The average Bonchev–Trinajstić information content (AvgIpc) is 2.85. The summed E-state index contributed by atoms with van der Waals surface area (Å²) >= 11 is 2.82. The molecule has 2 heterocycles. The molecule has 0 aromatic carbocycles. The summed E-state index contributed by atoms with van der Waals surface area (Å²) in [5.41, 5.74) is 0.965. The number of aryl methyl sites for hydroxylation is 2. The van der Waals surface area contributed by atoms with E-state index in [9.17, 15) is 9.59 Å². The second kappa shape index (κ2) is 8.64. The summed E-state index contributed by atoms with van der Waals surface area (Å²) in [4.78, 5) is 31.0. The first-order chi connectivity index (χ1) is 11.5. The van der Waals surface area contributed by atoms with Gasteiger partial charge in [-0.3, -0.25) is 14.2 Å². The molecule has 2 rings (SSSR count). The van der Waals surface area contributed by atoms with Gasteiger partial charge in [-0.05, 0) is 32.8 Å². The van der Waals surface area contributed by atoms with Crippen molar-refractivity contribution >= 4 is 39.2 Å². The van der Waals surface area contributed by atoms with Crippen molar-refractivity contribution in [1.29, 1.82) is 0 Å². The molecule has 0 saturated carbocycles. The van der Waals surface area contributed by atoms with Gasteiger partial charge in [0.05, 0.1) is 11.1 Å². The molecule has 24 heavy (non-hydrogen) atoms. The van der Waals surface area contributed by atoms with E-state index in [0.717, 1.165) is 21.7 Å². The lowest BCUT2D eigenvalue weighted by atomic mass is 10.2. The van der Waals surface area contributed by atoms with E-state index in [0.29, 0.717) is 30.3 Å². The standard InChI is InChI=1S/C16H23N3O3S2/c1-5-22-8-6-7-19-15(21)13-10(2)11(3)24-14(13)18-16(19)23-9-12(20)17-4/h5-9H2,1-4H3,(H,17,20). The smallest absolute Gasteiger partial charge is 0.263 e. The fourth-order valence-corrected chi connectivity index (χ4v) is 4.26. The van der Waals surface area contributed by atoms with Crippen molar-refractivity contribution in [3.63, 3.8) is 0 Å². The largest absolute Gasteiger partial charge is 0.382 e. The number of hydrogen-bond donors (Lipinski definition) is 1. The minimum absolute atomic E-state index is 0.0299. The topological polar surface area (TPSA) is 73.2 Å². The van der Waals surface area contributed by atoms with Crippen LogP contribution >= 0.6 is 23.1 Å². The lowest BCUT2D eigenvalue weighted by Gasteiger charge is -2.12. The number of nitrogens with zero attached hydrogens (tertiary/aromatic N) is 2. The molecular weight excluding hydrogens is 346 g/mol. The fraction of sp³-hybridized carbons (Fsp3) is 0.562. The van der Waals surface area contributed by atoms with Crippen LogP contribution in [-0.2, 0) is 16.1 Å². The number of rotatable bonds is 8. The number of carbonyl (C=O) groups excluding carboxylic acids is 1. The Bertz CT molecular complexity index is 783. The Hall–Kier alpha value is -1.38. The maximum Gasteiger partial charge on any atom is 0.263 e. The summed E-state index contributed by atoms with van der Waals surface area (Å²) in [5.74, 6) is 0.150. The summed E-state index contributed by atoms with van der Waals surface area (Å²) < 4.78 is 7.04. The second-order valence-electron chi connectivity index (χ2n) is 5.33. The number of hydrogen-bond acceptors (Lipinski definition) is 6. The lowest BCUT2D eigenvalue weighted by Crippen LogP contribution is -2.25. The Kier molecular flexibility index (Phi) is 6.82. The molecule has 0 aliphatic heterocycles. The van der Waals surface area contributed by atoms with Crippen molar-refractivity contribution in [2.75, 3.05) is 26.0 Å². The van der Waals surface area contributed by atoms with Crippen LogP contribution in [0.5, 0.6) is 0 Å². The van der Waals surface area contributed by atoms with Crippen molar-refractivity contribution in [1.82, 2.24) is 14.9 Å². The second-order valence-corrected chi connectivity index (χ2v) is 7.47. The highest BCUT2D eigenvalue weighted by atomic mass is 32.2. The monoisotopic (exact) mass is 369 g/mol. The van der Waals surface area contributed by atoms with E-state index < -0.39 is 0 Å². The zero-order valence-corrected chi connectivity index (χ0v) is 16.1. The number of fused-ring (bicyclic) bond motifs is 1. The van der Waals surface area contributed by atoms with Crippen LogP contribution in [0, 0.1) is 13.8 Å². The number of aromatic nitrogens is 2. The average molecular weight is 370 g/mol. The number of thiophene rings is 1. The number of thioether (sulfide) groups is 1. The first-order valence-corrected chi connectivity index (χ1v) is 9.71. The minimum Gasteiger partial charge on any atom is -0.382 e. The number of amides is 1. The van der Waals surface area contributed by atoms with Gasteiger partial charge in [-0.2, -0.15) is 0 Å². The van der Waals surface area contributed by atoms with Crippen LogP contribution in [0.15, 0.2) is 9.95 Å². The molecule has 1 N–H and O–H groups in total. The predicted molar refractivity (Wildman–Crippen MR) is 99.3 cm³/mol. The molecule has 0 unspecified atom stereocenters. The van der Waals surface area contributed by atoms with Gasteiger partial charge in [0, 0.05) is 31.7 Å². The molecule has 0 radical (unpaired) electrons. The zero-order valence-electron chi connectivity index (χ0n) is 14.5. The van der Waals surface area contributed by atoms with Crippen LogP contribution in [0.3, 0.4) is 0 Å². The van der Waals surface area contributed by atoms with Gasteiger partial charge in [0.1, 0.15) is 4.83 Å². The molecule has 2 aromatic rings. The van der Waals surface area contributed by atoms with Crippen LogP contribution in [0.2, 0.25) is 0 Å². The molecule has 6 nitrogen and oxygen atoms in total. The molecule has 0 saturated heterocycles. The molecule has 0 aliphatic carbocycles. The third-order valence-corrected chi connectivity index (χ3v) is 5.82. The Morgan fingerprint density at radius 2 is 2.17 bits per heavy atom. The summed E-state index contributed by atoms with van der Waals surface area (Å²) in [6, 6.07) is 0. The highest BCUT2D eigenvalue weighted by molar-refractivity contribution is 7.99. The number of carbonyl (C=O) groups is 1. The van der Waals surface area contributed by atoms with E-state index >= 15 is 0 Å². The summed E-state index contributed by atoms with van der Waals surface area (Å²) in [7, 11) is 1.60.